The van der Waals surface area contributed by atoms with Crippen molar-refractivity contribution in [3.05, 3.63) is 18.1 Å². The van der Waals surface area contributed by atoms with Crippen LogP contribution in [-0.4, -0.2) is 35.5 Å². The summed E-state index contributed by atoms with van der Waals surface area (Å²) in [4.78, 5) is 19.5. The lowest BCUT2D eigenvalue weighted by Crippen LogP contribution is -2.28. The summed E-state index contributed by atoms with van der Waals surface area (Å²) in [6.07, 6.45) is 5.10. The van der Waals surface area contributed by atoms with Gasteiger partial charge in [0.05, 0.1) is 0 Å². The number of carbonyl (C=O) groups is 1. The lowest BCUT2D eigenvalue weighted by atomic mass is 10.1. The highest BCUT2D eigenvalue weighted by atomic mass is 35.5. The van der Waals surface area contributed by atoms with Crippen molar-refractivity contribution in [1.29, 1.82) is 0 Å². The van der Waals surface area contributed by atoms with Gasteiger partial charge in [-0.3, -0.25) is 4.79 Å². The molecule has 1 unspecified atom stereocenters. The third kappa shape index (κ3) is 5.18. The molecule has 108 valence electrons. The summed E-state index contributed by atoms with van der Waals surface area (Å²) in [5, 5.41) is 6.11. The van der Waals surface area contributed by atoms with Gasteiger partial charge in [-0.05, 0) is 31.8 Å². The largest absolute Gasteiger partial charge is 0.382 e. The number of anilines is 1. The SMILES string of the molecule is Cl.Cl.Nc1nccnc1C(=O)NCCC1CCNC1. The standard InChI is InChI=1S/C11H17N5O.2ClH/c12-10-9(14-5-6-15-10)11(17)16-4-2-8-1-3-13-7-8;;/h5-6,8,13H,1-4,7H2,(H2,12,15)(H,16,17);2*1H. The molecule has 0 aromatic carbocycles. The zero-order valence-electron chi connectivity index (χ0n) is 10.5. The van der Waals surface area contributed by atoms with Gasteiger partial charge in [-0.1, -0.05) is 0 Å². The molecule has 6 nitrogen and oxygen atoms in total. The van der Waals surface area contributed by atoms with Gasteiger partial charge >= 0.3 is 0 Å². The molecule has 0 spiro atoms. The van der Waals surface area contributed by atoms with Gasteiger partial charge in [-0.2, -0.15) is 0 Å². The minimum absolute atomic E-state index is 0. The Balaban J connectivity index is 0.00000162. The van der Waals surface area contributed by atoms with Crippen molar-refractivity contribution in [2.45, 2.75) is 12.8 Å². The fraction of sp³-hybridized carbons (Fsp3) is 0.545. The van der Waals surface area contributed by atoms with Crippen molar-refractivity contribution in [1.82, 2.24) is 20.6 Å². The van der Waals surface area contributed by atoms with Gasteiger partial charge in [0.15, 0.2) is 11.5 Å². The highest BCUT2D eigenvalue weighted by Gasteiger charge is 2.15. The second kappa shape index (κ2) is 8.90. The number of hydrogen-bond donors (Lipinski definition) is 3. The highest BCUT2D eigenvalue weighted by Crippen LogP contribution is 2.11. The molecule has 0 radical (unpaired) electrons. The first kappa shape index (κ1) is 17.9. The number of carbonyl (C=O) groups excluding carboxylic acids is 1. The van der Waals surface area contributed by atoms with Crippen LogP contribution in [0.3, 0.4) is 0 Å². The van der Waals surface area contributed by atoms with E-state index in [0.29, 0.717) is 12.5 Å². The Labute approximate surface area is 124 Å². The van der Waals surface area contributed by atoms with Crippen LogP contribution >= 0.6 is 24.8 Å². The van der Waals surface area contributed by atoms with E-state index in [0.717, 1.165) is 19.5 Å². The van der Waals surface area contributed by atoms with Crippen molar-refractivity contribution >= 4 is 36.5 Å². The Hall–Kier alpha value is -1.11. The molecule has 1 aliphatic rings. The van der Waals surface area contributed by atoms with Crippen LogP contribution in [0, 0.1) is 5.92 Å². The molecule has 1 fully saturated rings. The normalized spacial score (nSPS) is 17.2. The van der Waals surface area contributed by atoms with Crippen LogP contribution < -0.4 is 16.4 Å². The fourth-order valence-corrected chi connectivity index (χ4v) is 1.96. The van der Waals surface area contributed by atoms with E-state index in [-0.39, 0.29) is 42.2 Å². The molecule has 2 heterocycles. The van der Waals surface area contributed by atoms with E-state index in [4.69, 9.17) is 5.73 Å². The van der Waals surface area contributed by atoms with Gasteiger partial charge in [0.2, 0.25) is 0 Å². The van der Waals surface area contributed by atoms with Crippen molar-refractivity contribution < 1.29 is 4.79 Å². The van der Waals surface area contributed by atoms with Crippen molar-refractivity contribution in [2.24, 2.45) is 5.92 Å². The molecule has 19 heavy (non-hydrogen) atoms. The van der Waals surface area contributed by atoms with Crippen LogP contribution in [0.1, 0.15) is 23.3 Å². The van der Waals surface area contributed by atoms with Gasteiger partial charge in [-0.15, -0.1) is 24.8 Å². The Kier molecular flexibility index (Phi) is 8.38. The van der Waals surface area contributed by atoms with E-state index in [2.05, 4.69) is 20.6 Å². The number of halogens is 2. The molecule has 0 saturated carbocycles. The first-order chi connectivity index (χ1) is 8.27. The van der Waals surface area contributed by atoms with Gasteiger partial charge in [-0.25, -0.2) is 9.97 Å². The highest BCUT2D eigenvalue weighted by molar-refractivity contribution is 5.96. The monoisotopic (exact) mass is 307 g/mol. The Morgan fingerprint density at radius 3 is 2.79 bits per heavy atom. The van der Waals surface area contributed by atoms with Crippen molar-refractivity contribution in [2.75, 3.05) is 25.4 Å². The molecule has 4 N–H and O–H groups in total. The summed E-state index contributed by atoms with van der Waals surface area (Å²) in [5.74, 6) is 0.587. The number of nitrogens with zero attached hydrogens (tertiary/aromatic N) is 2. The minimum Gasteiger partial charge on any atom is -0.382 e. The average Bonchev–Trinajstić information content (AvgIpc) is 2.82. The lowest BCUT2D eigenvalue weighted by Gasteiger charge is -2.09. The molecular weight excluding hydrogens is 289 g/mol. The van der Waals surface area contributed by atoms with Crippen LogP contribution in [-0.2, 0) is 0 Å². The van der Waals surface area contributed by atoms with E-state index in [1.807, 2.05) is 0 Å². The van der Waals surface area contributed by atoms with E-state index >= 15 is 0 Å². The zero-order chi connectivity index (χ0) is 12.1. The molecule has 0 aliphatic carbocycles. The Bertz CT molecular complexity index is 398. The maximum Gasteiger partial charge on any atom is 0.273 e. The molecular formula is C11H19Cl2N5O. The Morgan fingerprint density at radius 1 is 1.42 bits per heavy atom. The molecule has 1 saturated heterocycles. The summed E-state index contributed by atoms with van der Waals surface area (Å²) < 4.78 is 0. The maximum absolute atomic E-state index is 11.7. The van der Waals surface area contributed by atoms with Crippen LogP contribution in [0.2, 0.25) is 0 Å². The molecule has 1 amide bonds. The molecule has 1 aromatic heterocycles. The molecule has 1 aliphatic heterocycles. The predicted octanol–water partition coefficient (Wildman–Crippen LogP) is 0.632. The maximum atomic E-state index is 11.7. The average molecular weight is 308 g/mol. The molecule has 8 heteroatoms. The molecule has 1 aromatic rings. The van der Waals surface area contributed by atoms with Crippen LogP contribution in [0.4, 0.5) is 5.82 Å². The molecule has 1 atom stereocenters. The summed E-state index contributed by atoms with van der Waals surface area (Å²) >= 11 is 0. The van der Waals surface area contributed by atoms with Crippen LogP contribution in [0.5, 0.6) is 0 Å². The summed E-state index contributed by atoms with van der Waals surface area (Å²) in [6, 6.07) is 0. The second-order valence-corrected chi connectivity index (χ2v) is 4.19. The van der Waals surface area contributed by atoms with E-state index in [1.165, 1.54) is 18.8 Å². The zero-order valence-corrected chi connectivity index (χ0v) is 12.1. The summed E-state index contributed by atoms with van der Waals surface area (Å²) in [7, 11) is 0. The fourth-order valence-electron chi connectivity index (χ4n) is 1.96. The third-order valence-corrected chi connectivity index (χ3v) is 2.94. The third-order valence-electron chi connectivity index (χ3n) is 2.94. The number of nitrogens with two attached hydrogens (primary N) is 1. The number of nitrogen functional groups attached to an aromatic ring is 1. The lowest BCUT2D eigenvalue weighted by molar-refractivity contribution is 0.0947. The predicted molar refractivity (Wildman–Crippen MR) is 78.9 cm³/mol. The second-order valence-electron chi connectivity index (χ2n) is 4.19. The summed E-state index contributed by atoms with van der Waals surface area (Å²) in [5.41, 5.74) is 5.78. The van der Waals surface area contributed by atoms with Crippen molar-refractivity contribution in [3.8, 4) is 0 Å². The van der Waals surface area contributed by atoms with Crippen molar-refractivity contribution in [3.63, 3.8) is 0 Å². The quantitative estimate of drug-likeness (QED) is 0.759. The number of hydrogen-bond acceptors (Lipinski definition) is 5. The number of amides is 1. The van der Waals surface area contributed by atoms with Crippen LogP contribution in [0.25, 0.3) is 0 Å². The topological polar surface area (TPSA) is 92.9 Å². The van der Waals surface area contributed by atoms with Gasteiger partial charge in [0.1, 0.15) is 0 Å². The molecule has 0 bridgehead atoms. The van der Waals surface area contributed by atoms with E-state index in [1.54, 1.807) is 0 Å². The van der Waals surface area contributed by atoms with Gasteiger partial charge in [0, 0.05) is 18.9 Å². The number of nitrogens with one attached hydrogen (secondary N) is 2. The van der Waals surface area contributed by atoms with Crippen LogP contribution in [0.15, 0.2) is 12.4 Å². The number of aromatic nitrogens is 2. The first-order valence-corrected chi connectivity index (χ1v) is 5.83. The molecule has 2 rings (SSSR count). The summed E-state index contributed by atoms with van der Waals surface area (Å²) in [6.45, 7) is 2.78. The van der Waals surface area contributed by atoms with Gasteiger partial charge < -0.3 is 16.4 Å². The van der Waals surface area contributed by atoms with E-state index < -0.39 is 0 Å². The first-order valence-electron chi connectivity index (χ1n) is 5.83. The minimum atomic E-state index is -0.249. The Morgan fingerprint density at radius 2 is 2.16 bits per heavy atom. The number of rotatable bonds is 4. The smallest absolute Gasteiger partial charge is 0.273 e. The van der Waals surface area contributed by atoms with Gasteiger partial charge in [0.25, 0.3) is 5.91 Å². The van der Waals surface area contributed by atoms with E-state index in [9.17, 15) is 4.79 Å².